The summed E-state index contributed by atoms with van der Waals surface area (Å²) < 4.78 is 2.69. The molecule has 0 saturated carbocycles. The Kier molecular flexibility index (Phi) is 3.21. The van der Waals surface area contributed by atoms with Gasteiger partial charge in [0.2, 0.25) is 0 Å². The molecule has 0 amide bonds. The first-order valence-electron chi connectivity index (χ1n) is 5.09. The van der Waals surface area contributed by atoms with E-state index >= 15 is 0 Å². The second-order valence-electron chi connectivity index (χ2n) is 3.48. The summed E-state index contributed by atoms with van der Waals surface area (Å²) in [5, 5.41) is 10.2. The maximum atomic E-state index is 10.2. The zero-order valence-corrected chi connectivity index (χ0v) is 10.9. The number of aromatic nitrogens is 1. The molecule has 0 fully saturated rings. The molecule has 2 rings (SSSR count). The van der Waals surface area contributed by atoms with E-state index in [0.29, 0.717) is 5.75 Å². The summed E-state index contributed by atoms with van der Waals surface area (Å²) in [4.78, 5) is 0. The van der Waals surface area contributed by atoms with Gasteiger partial charge in [-0.25, -0.2) is 0 Å². The lowest BCUT2D eigenvalue weighted by Crippen LogP contribution is -1.96. The molecule has 84 valence electrons. The molecule has 0 radical (unpaired) electrons. The molecule has 2 aromatic rings. The molecule has 0 spiro atoms. The third kappa shape index (κ3) is 1.62. The third-order valence-electron chi connectivity index (χ3n) is 2.65. The zero-order chi connectivity index (χ0) is 11.7. The van der Waals surface area contributed by atoms with Gasteiger partial charge in [0.25, 0.3) is 0 Å². The van der Waals surface area contributed by atoms with Crippen molar-refractivity contribution in [3.8, 4) is 5.75 Å². The SMILES string of the molecule is CCc1c(O)c(C(=S)SC)n2ccccc12. The van der Waals surface area contributed by atoms with Gasteiger partial charge in [-0.1, -0.05) is 25.2 Å². The third-order valence-corrected chi connectivity index (χ3v) is 3.91. The lowest BCUT2D eigenvalue weighted by atomic mass is 10.2. The highest BCUT2D eigenvalue weighted by atomic mass is 32.2. The van der Waals surface area contributed by atoms with Crippen LogP contribution < -0.4 is 0 Å². The summed E-state index contributed by atoms with van der Waals surface area (Å²) >= 11 is 6.76. The zero-order valence-electron chi connectivity index (χ0n) is 9.23. The topological polar surface area (TPSA) is 24.6 Å². The Bertz CT molecular complexity index is 545. The first-order valence-corrected chi connectivity index (χ1v) is 6.73. The fourth-order valence-corrected chi connectivity index (χ4v) is 2.49. The van der Waals surface area contributed by atoms with Crippen molar-refractivity contribution in [3.05, 3.63) is 35.7 Å². The molecule has 1 N–H and O–H groups in total. The first-order chi connectivity index (χ1) is 7.70. The molecule has 0 aromatic carbocycles. The fraction of sp³-hybridized carbons (Fsp3) is 0.250. The van der Waals surface area contributed by atoms with Crippen LogP contribution in [0.4, 0.5) is 0 Å². The van der Waals surface area contributed by atoms with Gasteiger partial charge in [0.15, 0.2) is 0 Å². The van der Waals surface area contributed by atoms with Gasteiger partial charge >= 0.3 is 0 Å². The predicted molar refractivity (Wildman–Crippen MR) is 73.7 cm³/mol. The van der Waals surface area contributed by atoms with Crippen LogP contribution in [0.15, 0.2) is 24.4 Å². The Labute approximate surface area is 104 Å². The molecule has 2 aromatic heterocycles. The molecule has 2 heterocycles. The van der Waals surface area contributed by atoms with E-state index in [4.69, 9.17) is 12.2 Å². The van der Waals surface area contributed by atoms with E-state index in [1.54, 1.807) is 0 Å². The molecule has 0 aliphatic carbocycles. The predicted octanol–water partition coefficient (Wildman–Crippen LogP) is 3.25. The van der Waals surface area contributed by atoms with Gasteiger partial charge in [0.1, 0.15) is 11.4 Å². The molecule has 0 aliphatic rings. The van der Waals surface area contributed by atoms with Crippen LogP contribution in [0.5, 0.6) is 5.75 Å². The van der Waals surface area contributed by atoms with Crippen molar-refractivity contribution in [1.29, 1.82) is 0 Å². The molecular weight excluding hydrogens is 238 g/mol. The molecular formula is C12H13NOS2. The standard InChI is InChI=1S/C12H13NOS2/c1-3-8-9-6-4-5-7-13(9)10(11(8)14)12(15)16-2/h4-7,14H,3H2,1-2H3. The second kappa shape index (κ2) is 4.47. The van der Waals surface area contributed by atoms with Crippen molar-refractivity contribution in [1.82, 2.24) is 4.40 Å². The number of rotatable bonds is 2. The molecule has 0 unspecified atom stereocenters. The minimum Gasteiger partial charge on any atom is -0.505 e. The van der Waals surface area contributed by atoms with Crippen LogP contribution in [-0.4, -0.2) is 20.0 Å². The van der Waals surface area contributed by atoms with Crippen LogP contribution in [-0.2, 0) is 6.42 Å². The number of aryl methyl sites for hydroxylation is 1. The van der Waals surface area contributed by atoms with E-state index in [9.17, 15) is 5.11 Å². The minimum absolute atomic E-state index is 0.327. The molecule has 4 heteroatoms. The highest BCUT2D eigenvalue weighted by Crippen LogP contribution is 2.32. The van der Waals surface area contributed by atoms with Crippen molar-refractivity contribution in [3.63, 3.8) is 0 Å². The van der Waals surface area contributed by atoms with Crippen LogP contribution in [0.25, 0.3) is 5.52 Å². The number of hydrogen-bond donors (Lipinski definition) is 1. The summed E-state index contributed by atoms with van der Waals surface area (Å²) in [6.07, 6.45) is 4.66. The quantitative estimate of drug-likeness (QED) is 0.829. The lowest BCUT2D eigenvalue weighted by Gasteiger charge is -2.01. The Morgan fingerprint density at radius 3 is 2.88 bits per heavy atom. The molecule has 0 atom stereocenters. The summed E-state index contributed by atoms with van der Waals surface area (Å²) in [5.74, 6) is 0.327. The van der Waals surface area contributed by atoms with Crippen molar-refractivity contribution in [2.75, 3.05) is 6.26 Å². The largest absolute Gasteiger partial charge is 0.505 e. The molecule has 0 bridgehead atoms. The summed E-state index contributed by atoms with van der Waals surface area (Å²) in [7, 11) is 0. The van der Waals surface area contributed by atoms with E-state index in [1.165, 1.54) is 11.8 Å². The van der Waals surface area contributed by atoms with Crippen LogP contribution in [0.3, 0.4) is 0 Å². The summed E-state index contributed by atoms with van der Waals surface area (Å²) in [6, 6.07) is 5.92. The highest BCUT2D eigenvalue weighted by molar-refractivity contribution is 8.23. The van der Waals surface area contributed by atoms with Gasteiger partial charge in [-0.2, -0.15) is 0 Å². The molecule has 0 saturated heterocycles. The lowest BCUT2D eigenvalue weighted by molar-refractivity contribution is 0.469. The van der Waals surface area contributed by atoms with Gasteiger partial charge in [-0.3, -0.25) is 0 Å². The molecule has 16 heavy (non-hydrogen) atoms. The van der Waals surface area contributed by atoms with Crippen molar-refractivity contribution >= 4 is 33.7 Å². The van der Waals surface area contributed by atoms with Gasteiger partial charge in [-0.05, 0) is 24.8 Å². The number of thiocarbonyl (C=S) groups is 1. The van der Waals surface area contributed by atoms with E-state index in [-0.39, 0.29) is 0 Å². The second-order valence-corrected chi connectivity index (χ2v) is 4.96. The first kappa shape index (κ1) is 11.5. The minimum atomic E-state index is 0.327. The monoisotopic (exact) mass is 251 g/mol. The van der Waals surface area contributed by atoms with E-state index < -0.39 is 0 Å². The number of nitrogens with zero attached hydrogens (tertiary/aromatic N) is 1. The Morgan fingerprint density at radius 2 is 2.25 bits per heavy atom. The average Bonchev–Trinajstić information content (AvgIpc) is 2.60. The van der Waals surface area contributed by atoms with Gasteiger partial charge in [0.05, 0.1) is 9.71 Å². The van der Waals surface area contributed by atoms with Crippen molar-refractivity contribution < 1.29 is 5.11 Å². The number of aromatic hydroxyl groups is 1. The number of fused-ring (bicyclic) bond motifs is 1. The average molecular weight is 251 g/mol. The van der Waals surface area contributed by atoms with Gasteiger partial charge in [0, 0.05) is 11.8 Å². The Hall–Kier alpha value is -1.00. The van der Waals surface area contributed by atoms with Crippen molar-refractivity contribution in [2.24, 2.45) is 0 Å². The maximum Gasteiger partial charge on any atom is 0.146 e. The van der Waals surface area contributed by atoms with Crippen LogP contribution in [0.1, 0.15) is 18.2 Å². The van der Waals surface area contributed by atoms with E-state index in [2.05, 4.69) is 0 Å². The summed E-state index contributed by atoms with van der Waals surface area (Å²) in [5.41, 5.74) is 2.75. The van der Waals surface area contributed by atoms with Crippen LogP contribution in [0, 0.1) is 0 Å². The van der Waals surface area contributed by atoms with Crippen LogP contribution >= 0.6 is 24.0 Å². The molecule has 2 nitrogen and oxygen atoms in total. The normalized spacial score (nSPS) is 10.9. The smallest absolute Gasteiger partial charge is 0.146 e. The number of thioether (sulfide) groups is 1. The van der Waals surface area contributed by atoms with Gasteiger partial charge in [-0.15, -0.1) is 11.8 Å². The highest BCUT2D eigenvalue weighted by Gasteiger charge is 2.18. The van der Waals surface area contributed by atoms with Crippen molar-refractivity contribution in [2.45, 2.75) is 13.3 Å². The molecule has 0 aliphatic heterocycles. The number of hydrogen-bond acceptors (Lipinski definition) is 3. The number of pyridine rings is 1. The van der Waals surface area contributed by atoms with Gasteiger partial charge < -0.3 is 9.51 Å². The Balaban J connectivity index is 2.82. The Morgan fingerprint density at radius 1 is 1.50 bits per heavy atom. The van der Waals surface area contributed by atoms with Crippen LogP contribution in [0.2, 0.25) is 0 Å². The van der Waals surface area contributed by atoms with E-state index in [1.807, 2.05) is 42.0 Å². The van der Waals surface area contributed by atoms with E-state index in [0.717, 1.165) is 27.4 Å². The maximum absolute atomic E-state index is 10.2. The summed E-state index contributed by atoms with van der Waals surface area (Å²) in [6.45, 7) is 2.04. The fourth-order valence-electron chi connectivity index (χ4n) is 1.90.